The highest BCUT2D eigenvalue weighted by Crippen LogP contribution is 2.16. The number of carbonyl (C=O) groups is 1. The molecule has 6 heteroatoms. The summed E-state index contributed by atoms with van der Waals surface area (Å²) in [5.74, 6) is -0.0581. The van der Waals surface area contributed by atoms with Crippen molar-refractivity contribution in [1.29, 1.82) is 0 Å². The minimum atomic E-state index is -0.458. The molecule has 0 radical (unpaired) electrons. The van der Waals surface area contributed by atoms with Gasteiger partial charge in [0.2, 0.25) is 0 Å². The van der Waals surface area contributed by atoms with Crippen LogP contribution in [0.5, 0.6) is 0 Å². The van der Waals surface area contributed by atoms with Crippen LogP contribution < -0.4 is 11.1 Å². The number of nitrogens with zero attached hydrogens (tertiary/aromatic N) is 1. The van der Waals surface area contributed by atoms with Crippen LogP contribution in [0.15, 0.2) is 16.7 Å². The zero-order valence-corrected chi connectivity index (χ0v) is 11.7. The standard InChI is InChI=1S/C11H16BrN3O2/c1-11(2,6-17-3)15-10(16)8-4-7(12)5-14-9(8)13/h4-5H,6H2,1-3H3,(H2,13,14)(H,15,16). The number of hydrogen-bond donors (Lipinski definition) is 2. The van der Waals surface area contributed by atoms with E-state index in [0.717, 1.165) is 0 Å². The number of methoxy groups -OCH3 is 1. The normalized spacial score (nSPS) is 11.3. The summed E-state index contributed by atoms with van der Waals surface area (Å²) in [4.78, 5) is 15.9. The van der Waals surface area contributed by atoms with Crippen LogP contribution in [0, 0.1) is 0 Å². The summed E-state index contributed by atoms with van der Waals surface area (Å²) in [7, 11) is 1.59. The summed E-state index contributed by atoms with van der Waals surface area (Å²) in [6.45, 7) is 4.16. The van der Waals surface area contributed by atoms with Gasteiger partial charge in [0.05, 0.1) is 17.7 Å². The van der Waals surface area contributed by atoms with Gasteiger partial charge in [-0.1, -0.05) is 0 Å². The highest BCUT2D eigenvalue weighted by Gasteiger charge is 2.22. The summed E-state index contributed by atoms with van der Waals surface area (Å²) in [6, 6.07) is 1.64. The number of anilines is 1. The van der Waals surface area contributed by atoms with Gasteiger partial charge in [-0.15, -0.1) is 0 Å². The van der Waals surface area contributed by atoms with Gasteiger partial charge in [-0.2, -0.15) is 0 Å². The topological polar surface area (TPSA) is 77.2 Å². The maximum atomic E-state index is 12.0. The fourth-order valence-corrected chi connectivity index (χ4v) is 1.73. The molecule has 0 spiro atoms. The van der Waals surface area contributed by atoms with Gasteiger partial charge < -0.3 is 15.8 Å². The lowest BCUT2D eigenvalue weighted by Gasteiger charge is -2.25. The average Bonchev–Trinajstić information content (AvgIpc) is 2.20. The van der Waals surface area contributed by atoms with Crippen LogP contribution in [0.25, 0.3) is 0 Å². The summed E-state index contributed by atoms with van der Waals surface area (Å²) < 4.78 is 5.74. The molecule has 94 valence electrons. The fourth-order valence-electron chi connectivity index (χ4n) is 1.40. The molecular weight excluding hydrogens is 286 g/mol. The van der Waals surface area contributed by atoms with Crippen molar-refractivity contribution < 1.29 is 9.53 Å². The molecule has 0 bridgehead atoms. The first-order valence-electron chi connectivity index (χ1n) is 5.08. The number of nitrogen functional groups attached to an aromatic ring is 1. The van der Waals surface area contributed by atoms with E-state index in [0.29, 0.717) is 16.6 Å². The Hall–Kier alpha value is -1.14. The summed E-state index contributed by atoms with van der Waals surface area (Å²) in [6.07, 6.45) is 1.55. The molecule has 0 aliphatic carbocycles. The Morgan fingerprint density at radius 1 is 1.65 bits per heavy atom. The van der Waals surface area contributed by atoms with Gasteiger partial charge in [0.15, 0.2) is 0 Å². The number of aromatic nitrogens is 1. The Labute approximate surface area is 109 Å². The van der Waals surface area contributed by atoms with E-state index in [-0.39, 0.29) is 11.7 Å². The van der Waals surface area contributed by atoms with Crippen LogP contribution in [0.3, 0.4) is 0 Å². The van der Waals surface area contributed by atoms with Crippen LogP contribution in [-0.4, -0.2) is 30.1 Å². The Balaban J connectivity index is 2.86. The maximum absolute atomic E-state index is 12.0. The van der Waals surface area contributed by atoms with Gasteiger partial charge in [-0.25, -0.2) is 4.98 Å². The van der Waals surface area contributed by atoms with E-state index in [2.05, 4.69) is 26.2 Å². The lowest BCUT2D eigenvalue weighted by molar-refractivity contribution is 0.0820. The average molecular weight is 302 g/mol. The third-order valence-corrected chi connectivity index (χ3v) is 2.52. The maximum Gasteiger partial charge on any atom is 0.255 e. The van der Waals surface area contributed by atoms with E-state index in [1.807, 2.05) is 13.8 Å². The third-order valence-electron chi connectivity index (χ3n) is 2.09. The van der Waals surface area contributed by atoms with Gasteiger partial charge >= 0.3 is 0 Å². The smallest absolute Gasteiger partial charge is 0.255 e. The van der Waals surface area contributed by atoms with Gasteiger partial charge in [0.1, 0.15) is 5.82 Å². The SMILES string of the molecule is COCC(C)(C)NC(=O)c1cc(Br)cnc1N. The number of ether oxygens (including phenoxy) is 1. The number of nitrogens with one attached hydrogen (secondary N) is 1. The van der Waals surface area contributed by atoms with E-state index in [9.17, 15) is 4.79 Å². The lowest BCUT2D eigenvalue weighted by Crippen LogP contribution is -2.47. The first-order chi connectivity index (χ1) is 7.85. The lowest BCUT2D eigenvalue weighted by atomic mass is 10.1. The third kappa shape index (κ3) is 3.98. The van der Waals surface area contributed by atoms with Crippen molar-refractivity contribution in [2.45, 2.75) is 19.4 Å². The van der Waals surface area contributed by atoms with Crippen LogP contribution in [0.4, 0.5) is 5.82 Å². The Morgan fingerprint density at radius 2 is 2.29 bits per heavy atom. The van der Waals surface area contributed by atoms with Gasteiger partial charge in [0, 0.05) is 17.8 Å². The molecule has 0 atom stereocenters. The molecule has 0 unspecified atom stereocenters. The minimum absolute atomic E-state index is 0.207. The van der Waals surface area contributed by atoms with Gasteiger partial charge in [0.25, 0.3) is 5.91 Å². The van der Waals surface area contributed by atoms with Crippen LogP contribution in [-0.2, 0) is 4.74 Å². The molecule has 5 nitrogen and oxygen atoms in total. The second kappa shape index (κ2) is 5.46. The van der Waals surface area contributed by atoms with Crippen molar-refractivity contribution in [3.63, 3.8) is 0 Å². The number of rotatable bonds is 4. The number of hydrogen-bond acceptors (Lipinski definition) is 4. The van der Waals surface area contributed by atoms with Crippen LogP contribution >= 0.6 is 15.9 Å². The Bertz CT molecular complexity index is 421. The van der Waals surface area contributed by atoms with E-state index in [1.165, 1.54) is 0 Å². The molecular formula is C11H16BrN3O2. The molecule has 17 heavy (non-hydrogen) atoms. The molecule has 1 aromatic rings. The molecule has 0 aliphatic rings. The summed E-state index contributed by atoms with van der Waals surface area (Å²) in [5.41, 5.74) is 5.55. The predicted molar refractivity (Wildman–Crippen MR) is 69.8 cm³/mol. The zero-order valence-electron chi connectivity index (χ0n) is 10.1. The molecule has 0 fully saturated rings. The molecule has 0 aromatic carbocycles. The quantitative estimate of drug-likeness (QED) is 0.885. The van der Waals surface area contributed by atoms with Crippen molar-refractivity contribution in [3.05, 3.63) is 22.3 Å². The number of nitrogens with two attached hydrogens (primary N) is 1. The first kappa shape index (κ1) is 13.9. The Morgan fingerprint density at radius 3 is 2.88 bits per heavy atom. The highest BCUT2D eigenvalue weighted by atomic mass is 79.9. The second-order valence-corrected chi connectivity index (χ2v) is 5.27. The summed E-state index contributed by atoms with van der Waals surface area (Å²) >= 11 is 3.25. The molecule has 0 saturated carbocycles. The number of amides is 1. The molecule has 1 rings (SSSR count). The fraction of sp³-hybridized carbons (Fsp3) is 0.455. The predicted octanol–water partition coefficient (Wildman–Crippen LogP) is 1.58. The Kier molecular flexibility index (Phi) is 4.47. The van der Waals surface area contributed by atoms with Crippen molar-refractivity contribution >= 4 is 27.7 Å². The van der Waals surface area contributed by atoms with E-state index >= 15 is 0 Å². The monoisotopic (exact) mass is 301 g/mol. The number of carbonyl (C=O) groups excluding carboxylic acids is 1. The van der Waals surface area contributed by atoms with Crippen molar-refractivity contribution in [3.8, 4) is 0 Å². The molecule has 3 N–H and O–H groups in total. The molecule has 1 heterocycles. The van der Waals surface area contributed by atoms with Crippen molar-refractivity contribution in [1.82, 2.24) is 10.3 Å². The van der Waals surface area contributed by atoms with Gasteiger partial charge in [-0.05, 0) is 35.8 Å². The van der Waals surface area contributed by atoms with E-state index in [4.69, 9.17) is 10.5 Å². The molecule has 0 aliphatic heterocycles. The first-order valence-corrected chi connectivity index (χ1v) is 5.87. The van der Waals surface area contributed by atoms with E-state index < -0.39 is 5.54 Å². The van der Waals surface area contributed by atoms with Crippen molar-refractivity contribution in [2.75, 3.05) is 19.5 Å². The number of pyridine rings is 1. The van der Waals surface area contributed by atoms with Crippen LogP contribution in [0.2, 0.25) is 0 Å². The molecule has 1 amide bonds. The number of halogens is 1. The zero-order chi connectivity index (χ0) is 13.1. The largest absolute Gasteiger partial charge is 0.383 e. The van der Waals surface area contributed by atoms with Crippen LogP contribution in [0.1, 0.15) is 24.2 Å². The molecule has 0 saturated heterocycles. The highest BCUT2D eigenvalue weighted by molar-refractivity contribution is 9.10. The van der Waals surface area contributed by atoms with Crippen molar-refractivity contribution in [2.24, 2.45) is 0 Å². The minimum Gasteiger partial charge on any atom is -0.383 e. The van der Waals surface area contributed by atoms with Gasteiger partial charge in [-0.3, -0.25) is 4.79 Å². The van der Waals surface area contributed by atoms with E-state index in [1.54, 1.807) is 19.4 Å². The molecule has 1 aromatic heterocycles. The summed E-state index contributed by atoms with van der Waals surface area (Å²) in [5, 5.41) is 2.84. The second-order valence-electron chi connectivity index (χ2n) is 4.36.